The van der Waals surface area contributed by atoms with E-state index in [2.05, 4.69) is 45.1 Å². The van der Waals surface area contributed by atoms with Gasteiger partial charge in [0, 0.05) is 10.9 Å². The molecule has 1 aromatic heterocycles. The Morgan fingerprint density at radius 3 is 2.38 bits per heavy atom. The van der Waals surface area contributed by atoms with Gasteiger partial charge in [0.25, 0.3) is 0 Å². The van der Waals surface area contributed by atoms with Gasteiger partial charge in [-0.15, -0.1) is 10.2 Å². The number of nitrogens with zero attached hydrogens (tertiary/aromatic N) is 4. The quantitative estimate of drug-likeness (QED) is 0.415. The number of carbonyl (C=O) groups excluding carboxylic acids is 1. The minimum Gasteiger partial charge on any atom is -0.444 e. The van der Waals surface area contributed by atoms with Crippen molar-refractivity contribution in [3.05, 3.63) is 76.3 Å². The largest absolute Gasteiger partial charge is 0.444 e. The Labute approximate surface area is 205 Å². The lowest BCUT2D eigenvalue weighted by Crippen LogP contribution is -2.35. The van der Waals surface area contributed by atoms with Crippen LogP contribution in [-0.2, 0) is 17.8 Å². The number of hydrogen-bond donors (Lipinski definition) is 0. The highest BCUT2D eigenvalue weighted by Crippen LogP contribution is 2.41. The third-order valence-electron chi connectivity index (χ3n) is 6.75. The van der Waals surface area contributed by atoms with E-state index in [0.717, 1.165) is 48.6 Å². The van der Waals surface area contributed by atoms with Gasteiger partial charge < -0.3 is 4.74 Å². The van der Waals surface area contributed by atoms with E-state index < -0.39 is 5.60 Å². The third kappa shape index (κ3) is 4.69. The summed E-state index contributed by atoms with van der Waals surface area (Å²) in [6.45, 7) is 6.38. The van der Waals surface area contributed by atoms with E-state index >= 15 is 0 Å². The van der Waals surface area contributed by atoms with Crippen molar-refractivity contribution >= 4 is 17.7 Å². The summed E-state index contributed by atoms with van der Waals surface area (Å²) < 4.78 is 7.82. The highest BCUT2D eigenvalue weighted by Gasteiger charge is 2.33. The molecule has 1 fully saturated rings. The van der Waals surface area contributed by atoms with Crippen LogP contribution in [0.3, 0.4) is 0 Å². The van der Waals surface area contributed by atoms with Crippen LogP contribution in [0.5, 0.6) is 0 Å². The van der Waals surface area contributed by atoms with Crippen molar-refractivity contribution in [2.75, 3.05) is 0 Å². The second kappa shape index (κ2) is 9.06. The summed E-state index contributed by atoms with van der Waals surface area (Å²) in [5.41, 5.74) is 2.82. The average molecular weight is 479 g/mol. The van der Waals surface area contributed by atoms with E-state index in [1.54, 1.807) is 4.90 Å². The average Bonchev–Trinajstić information content (AvgIpc) is 3.14. The predicted octanol–water partition coefficient (Wildman–Crippen LogP) is 6.61. The van der Waals surface area contributed by atoms with Gasteiger partial charge in [0.1, 0.15) is 11.4 Å². The molecule has 2 aliphatic rings. The molecule has 0 saturated heterocycles. The van der Waals surface area contributed by atoms with E-state index in [1.807, 2.05) is 39.0 Å². The topological polar surface area (TPSA) is 60.2 Å². The molecule has 6 nitrogen and oxygen atoms in total. The van der Waals surface area contributed by atoms with Crippen molar-refractivity contribution in [3.63, 3.8) is 0 Å². The smallest absolute Gasteiger partial charge is 0.411 e. The zero-order chi connectivity index (χ0) is 23.9. The Morgan fingerprint density at radius 2 is 1.68 bits per heavy atom. The van der Waals surface area contributed by atoms with Gasteiger partial charge in [-0.1, -0.05) is 41.9 Å². The van der Waals surface area contributed by atoms with Crippen LogP contribution >= 0.6 is 11.6 Å². The molecule has 0 atom stereocenters. The van der Waals surface area contributed by atoms with Crippen LogP contribution in [0.1, 0.15) is 81.1 Å². The van der Waals surface area contributed by atoms with Gasteiger partial charge in [0.05, 0.1) is 18.8 Å². The van der Waals surface area contributed by atoms with Crippen LogP contribution in [0.25, 0.3) is 5.69 Å². The van der Waals surface area contributed by atoms with Crippen molar-refractivity contribution in [2.45, 2.75) is 77.0 Å². The number of hydrogen-bond acceptors (Lipinski definition) is 4. The Balaban J connectivity index is 1.45. The minimum atomic E-state index is -0.573. The molecule has 0 unspecified atom stereocenters. The van der Waals surface area contributed by atoms with Crippen LogP contribution in [-0.4, -0.2) is 31.4 Å². The third-order valence-corrected chi connectivity index (χ3v) is 6.98. The first kappa shape index (κ1) is 22.9. The molecule has 0 N–H and O–H groups in total. The predicted molar refractivity (Wildman–Crippen MR) is 132 cm³/mol. The molecule has 178 valence electrons. The molecular formula is C27H31ClN4O2. The van der Waals surface area contributed by atoms with Gasteiger partial charge in [-0.05, 0) is 81.7 Å². The number of amides is 1. The molecule has 7 heteroatoms. The van der Waals surface area contributed by atoms with Crippen LogP contribution < -0.4 is 0 Å². The maximum Gasteiger partial charge on any atom is 0.411 e. The minimum absolute atomic E-state index is 0.331. The monoisotopic (exact) mass is 478 g/mol. The normalized spacial score (nSPS) is 20.3. The highest BCUT2D eigenvalue weighted by molar-refractivity contribution is 6.30. The van der Waals surface area contributed by atoms with Crippen molar-refractivity contribution in [3.8, 4) is 5.69 Å². The van der Waals surface area contributed by atoms with Gasteiger partial charge in [-0.2, -0.15) is 0 Å². The molecular weight excluding hydrogens is 448 g/mol. The molecule has 3 aromatic rings. The second-order valence-electron chi connectivity index (χ2n) is 10.4. The lowest BCUT2D eigenvalue weighted by molar-refractivity contribution is 0.0214. The van der Waals surface area contributed by atoms with Gasteiger partial charge in [0.15, 0.2) is 5.82 Å². The Hall–Kier alpha value is -2.86. The summed E-state index contributed by atoms with van der Waals surface area (Å²) in [5.74, 6) is 2.67. The first-order valence-electron chi connectivity index (χ1n) is 12.0. The van der Waals surface area contributed by atoms with Crippen molar-refractivity contribution in [1.29, 1.82) is 0 Å². The van der Waals surface area contributed by atoms with Crippen LogP contribution in [0, 0.1) is 0 Å². The van der Waals surface area contributed by atoms with Crippen molar-refractivity contribution < 1.29 is 9.53 Å². The molecule has 1 aliphatic heterocycles. The first-order valence-corrected chi connectivity index (χ1v) is 12.4. The fourth-order valence-corrected chi connectivity index (χ4v) is 5.35. The summed E-state index contributed by atoms with van der Waals surface area (Å²) in [5, 5.41) is 9.84. The molecule has 34 heavy (non-hydrogen) atoms. The lowest BCUT2D eigenvalue weighted by Gasteiger charge is -2.28. The number of halogens is 1. The fourth-order valence-electron chi connectivity index (χ4n) is 5.16. The number of fused-ring (bicyclic) bond motifs is 3. The van der Waals surface area contributed by atoms with Crippen LogP contribution in [0.2, 0.25) is 5.02 Å². The molecule has 2 heterocycles. The molecule has 1 saturated carbocycles. The maximum absolute atomic E-state index is 13.0. The summed E-state index contributed by atoms with van der Waals surface area (Å²) in [4.78, 5) is 14.6. The Bertz CT molecular complexity index is 1180. The van der Waals surface area contributed by atoms with Crippen LogP contribution in [0.15, 0.2) is 48.5 Å². The van der Waals surface area contributed by atoms with E-state index in [4.69, 9.17) is 16.3 Å². The van der Waals surface area contributed by atoms with Gasteiger partial charge >= 0.3 is 6.09 Å². The summed E-state index contributed by atoms with van der Waals surface area (Å²) in [6, 6.07) is 16.6. The molecule has 0 spiro atoms. The van der Waals surface area contributed by atoms with Gasteiger partial charge in [-0.3, -0.25) is 9.47 Å². The molecule has 2 aromatic carbocycles. The number of carbonyl (C=O) groups is 1. The Kier molecular flexibility index (Phi) is 6.11. The summed E-state index contributed by atoms with van der Waals surface area (Å²) >= 11 is 6.35. The van der Waals surface area contributed by atoms with Crippen molar-refractivity contribution in [1.82, 2.24) is 19.7 Å². The summed E-state index contributed by atoms with van der Waals surface area (Å²) in [6.07, 6.45) is 4.04. The molecule has 0 radical (unpaired) electrons. The number of rotatable bonds is 2. The molecule has 1 aliphatic carbocycles. The van der Waals surface area contributed by atoms with Crippen molar-refractivity contribution in [2.24, 2.45) is 0 Å². The number of ether oxygens (including phenoxy) is 1. The molecule has 5 rings (SSSR count). The second-order valence-corrected chi connectivity index (χ2v) is 10.8. The van der Waals surface area contributed by atoms with E-state index in [-0.39, 0.29) is 6.09 Å². The SMILES string of the molecule is CC(C)(C)OC(=O)N1Cc2cc(Cl)ccc2-n2c(nnc2[C@H]2CC[C@H](c3ccccc3)CC2)C1. The zero-order valence-corrected chi connectivity index (χ0v) is 20.8. The fraction of sp³-hybridized carbons (Fsp3) is 0.444. The van der Waals surface area contributed by atoms with E-state index in [0.29, 0.717) is 29.9 Å². The zero-order valence-electron chi connectivity index (χ0n) is 20.0. The van der Waals surface area contributed by atoms with Gasteiger partial charge in [0.2, 0.25) is 0 Å². The Morgan fingerprint density at radius 1 is 0.971 bits per heavy atom. The molecule has 0 bridgehead atoms. The van der Waals surface area contributed by atoms with E-state index in [1.165, 1.54) is 5.56 Å². The number of benzene rings is 2. The van der Waals surface area contributed by atoms with Crippen LogP contribution in [0.4, 0.5) is 4.79 Å². The van der Waals surface area contributed by atoms with Gasteiger partial charge in [-0.25, -0.2) is 4.79 Å². The highest BCUT2D eigenvalue weighted by atomic mass is 35.5. The standard InChI is InChI=1S/C27H31ClN4O2/c1-27(2,3)34-26(33)31-16-21-15-22(28)13-14-23(21)32-24(17-31)29-30-25(32)20-11-9-19(10-12-20)18-7-5-4-6-8-18/h4-8,13-15,19-20H,9-12,16-17H2,1-3H3/t19-,20-. The lowest BCUT2D eigenvalue weighted by atomic mass is 9.78. The molecule has 1 amide bonds. The summed E-state index contributed by atoms with van der Waals surface area (Å²) in [7, 11) is 0. The number of aromatic nitrogens is 3. The van der Waals surface area contributed by atoms with E-state index in [9.17, 15) is 4.79 Å². The first-order chi connectivity index (χ1) is 16.3. The maximum atomic E-state index is 13.0.